The number of esters is 1. The van der Waals surface area contributed by atoms with Gasteiger partial charge in [0, 0.05) is 17.8 Å². The molecular weight excluding hydrogens is 359 g/mol. The largest absolute Gasteiger partial charge is 0.493 e. The predicted octanol–water partition coefficient (Wildman–Crippen LogP) is 4.28. The van der Waals surface area contributed by atoms with Gasteiger partial charge in [-0.3, -0.25) is 0 Å². The predicted molar refractivity (Wildman–Crippen MR) is 107 cm³/mol. The van der Waals surface area contributed by atoms with Crippen molar-refractivity contribution in [1.82, 2.24) is 0 Å². The number of ether oxygens (including phenoxy) is 2. The molecule has 5 nitrogen and oxygen atoms in total. The van der Waals surface area contributed by atoms with E-state index in [2.05, 4.69) is 0 Å². The summed E-state index contributed by atoms with van der Waals surface area (Å²) in [6.45, 7) is 0.628. The van der Waals surface area contributed by atoms with E-state index in [1.807, 2.05) is 24.3 Å². The molecule has 3 aromatic rings. The molecule has 0 heterocycles. The zero-order valence-electron chi connectivity index (χ0n) is 15.2. The van der Waals surface area contributed by atoms with Gasteiger partial charge in [0.2, 0.25) is 0 Å². The average molecular weight is 380 g/mol. The second-order valence-electron chi connectivity index (χ2n) is 6.26. The molecule has 0 radical (unpaired) electrons. The summed E-state index contributed by atoms with van der Waals surface area (Å²) in [6.07, 6.45) is 0.545. The molecule has 3 rings (SSSR count). The third-order valence-electron chi connectivity index (χ3n) is 4.04. The Labute approximate surface area is 162 Å². The van der Waals surface area contributed by atoms with Crippen LogP contribution in [0.2, 0.25) is 0 Å². The standard InChI is InChI=1S/C22H21FN2O3/c23-18-6-2-15(3-7-18)16-4-8-21(9-5-16)27-10-1-11-28-22(26)17-12-19(24)14-20(25)13-17/h2-9,12-14H,1,10-11,24-25H2. The highest BCUT2D eigenvalue weighted by atomic mass is 19.1. The quantitative estimate of drug-likeness (QED) is 0.363. The van der Waals surface area contributed by atoms with Gasteiger partial charge in [0.25, 0.3) is 0 Å². The van der Waals surface area contributed by atoms with Crippen LogP contribution in [0.3, 0.4) is 0 Å². The van der Waals surface area contributed by atoms with Crippen LogP contribution in [0.5, 0.6) is 5.75 Å². The van der Waals surface area contributed by atoms with Crippen molar-refractivity contribution in [2.45, 2.75) is 6.42 Å². The highest BCUT2D eigenvalue weighted by Crippen LogP contribution is 2.22. The number of hydrogen-bond donors (Lipinski definition) is 2. The molecule has 0 bridgehead atoms. The van der Waals surface area contributed by atoms with E-state index in [1.165, 1.54) is 24.3 Å². The van der Waals surface area contributed by atoms with E-state index in [0.717, 1.165) is 11.1 Å². The maximum absolute atomic E-state index is 13.0. The Morgan fingerprint density at radius 2 is 1.39 bits per heavy atom. The fraction of sp³-hybridized carbons (Fsp3) is 0.136. The summed E-state index contributed by atoms with van der Waals surface area (Å²) in [5, 5.41) is 0. The summed E-state index contributed by atoms with van der Waals surface area (Å²) in [4.78, 5) is 12.0. The number of benzene rings is 3. The van der Waals surface area contributed by atoms with Gasteiger partial charge in [-0.25, -0.2) is 9.18 Å². The van der Waals surface area contributed by atoms with Gasteiger partial charge in [-0.05, 0) is 53.6 Å². The number of hydrogen-bond acceptors (Lipinski definition) is 5. The van der Waals surface area contributed by atoms with E-state index in [-0.39, 0.29) is 12.4 Å². The monoisotopic (exact) mass is 380 g/mol. The summed E-state index contributed by atoms with van der Waals surface area (Å²) in [5.41, 5.74) is 14.4. The van der Waals surface area contributed by atoms with E-state index in [0.29, 0.717) is 35.7 Å². The average Bonchev–Trinajstić information content (AvgIpc) is 2.68. The zero-order chi connectivity index (χ0) is 19.9. The van der Waals surface area contributed by atoms with Gasteiger partial charge >= 0.3 is 5.97 Å². The minimum atomic E-state index is -0.470. The molecule has 0 unspecified atom stereocenters. The third kappa shape index (κ3) is 5.23. The molecule has 28 heavy (non-hydrogen) atoms. The van der Waals surface area contributed by atoms with E-state index < -0.39 is 5.97 Å². The van der Waals surface area contributed by atoms with Gasteiger partial charge in [-0.2, -0.15) is 0 Å². The molecule has 4 N–H and O–H groups in total. The number of carbonyl (C=O) groups excluding carboxylic acids is 1. The molecule has 0 aliphatic heterocycles. The molecule has 0 aliphatic carbocycles. The number of carbonyl (C=O) groups is 1. The van der Waals surface area contributed by atoms with Crippen LogP contribution in [0.25, 0.3) is 11.1 Å². The molecule has 144 valence electrons. The van der Waals surface area contributed by atoms with Crippen molar-refractivity contribution in [2.75, 3.05) is 24.7 Å². The number of rotatable bonds is 7. The molecule has 0 amide bonds. The highest BCUT2D eigenvalue weighted by Gasteiger charge is 2.08. The number of anilines is 2. The van der Waals surface area contributed by atoms with Gasteiger partial charge < -0.3 is 20.9 Å². The van der Waals surface area contributed by atoms with Gasteiger partial charge in [0.1, 0.15) is 11.6 Å². The van der Waals surface area contributed by atoms with Crippen molar-refractivity contribution in [1.29, 1.82) is 0 Å². The molecule has 6 heteroatoms. The molecule has 0 aliphatic rings. The van der Waals surface area contributed by atoms with Crippen molar-refractivity contribution in [3.8, 4) is 16.9 Å². The first kappa shape index (κ1) is 19.2. The van der Waals surface area contributed by atoms with Crippen LogP contribution >= 0.6 is 0 Å². The fourth-order valence-electron chi connectivity index (χ4n) is 2.68. The number of nitrogens with two attached hydrogens (primary N) is 2. The first-order chi connectivity index (χ1) is 13.5. The van der Waals surface area contributed by atoms with Gasteiger partial charge in [0.05, 0.1) is 18.8 Å². The topological polar surface area (TPSA) is 87.6 Å². The van der Waals surface area contributed by atoms with Crippen LogP contribution in [-0.2, 0) is 4.74 Å². The number of halogens is 1. The molecule has 0 atom stereocenters. The van der Waals surface area contributed by atoms with Crippen LogP contribution in [0.1, 0.15) is 16.8 Å². The SMILES string of the molecule is Nc1cc(N)cc(C(=O)OCCCOc2ccc(-c3ccc(F)cc3)cc2)c1. The Bertz CT molecular complexity index is 921. The van der Waals surface area contributed by atoms with Crippen molar-refractivity contribution < 1.29 is 18.7 Å². The van der Waals surface area contributed by atoms with Crippen LogP contribution in [0.15, 0.2) is 66.7 Å². The Hall–Kier alpha value is -3.54. The first-order valence-electron chi connectivity index (χ1n) is 8.83. The minimum Gasteiger partial charge on any atom is -0.493 e. The molecular formula is C22H21FN2O3. The second-order valence-corrected chi connectivity index (χ2v) is 6.26. The molecule has 3 aromatic carbocycles. The van der Waals surface area contributed by atoms with E-state index in [1.54, 1.807) is 18.2 Å². The van der Waals surface area contributed by atoms with Crippen LogP contribution in [0, 0.1) is 5.82 Å². The van der Waals surface area contributed by atoms with Gasteiger partial charge in [0.15, 0.2) is 0 Å². The van der Waals surface area contributed by atoms with E-state index in [9.17, 15) is 9.18 Å². The Morgan fingerprint density at radius 3 is 2.00 bits per heavy atom. The van der Waals surface area contributed by atoms with Crippen LogP contribution in [0.4, 0.5) is 15.8 Å². The summed E-state index contributed by atoms with van der Waals surface area (Å²) in [5.74, 6) is -0.0213. The summed E-state index contributed by atoms with van der Waals surface area (Å²) < 4.78 is 23.8. The smallest absolute Gasteiger partial charge is 0.338 e. The molecule has 0 fully saturated rings. The first-order valence-corrected chi connectivity index (χ1v) is 8.83. The van der Waals surface area contributed by atoms with Crippen molar-refractivity contribution in [3.05, 3.63) is 78.1 Å². The van der Waals surface area contributed by atoms with Crippen molar-refractivity contribution in [2.24, 2.45) is 0 Å². The number of nitrogen functional groups attached to an aromatic ring is 2. The van der Waals surface area contributed by atoms with Crippen LogP contribution < -0.4 is 16.2 Å². The zero-order valence-corrected chi connectivity index (χ0v) is 15.2. The lowest BCUT2D eigenvalue weighted by Gasteiger charge is -2.09. The summed E-state index contributed by atoms with van der Waals surface area (Å²) in [6, 6.07) is 18.5. The van der Waals surface area contributed by atoms with Crippen molar-refractivity contribution in [3.63, 3.8) is 0 Å². The summed E-state index contributed by atoms with van der Waals surface area (Å²) in [7, 11) is 0. The minimum absolute atomic E-state index is 0.223. The normalized spacial score (nSPS) is 10.5. The maximum atomic E-state index is 13.0. The fourth-order valence-corrected chi connectivity index (χ4v) is 2.68. The Morgan fingerprint density at radius 1 is 0.821 bits per heavy atom. The Kier molecular flexibility index (Phi) is 6.11. The molecule has 0 saturated heterocycles. The van der Waals surface area contributed by atoms with Gasteiger partial charge in [-0.1, -0.05) is 24.3 Å². The van der Waals surface area contributed by atoms with E-state index in [4.69, 9.17) is 20.9 Å². The maximum Gasteiger partial charge on any atom is 0.338 e. The second kappa shape index (κ2) is 8.90. The van der Waals surface area contributed by atoms with Gasteiger partial charge in [-0.15, -0.1) is 0 Å². The lowest BCUT2D eigenvalue weighted by atomic mass is 10.1. The van der Waals surface area contributed by atoms with Crippen molar-refractivity contribution >= 4 is 17.3 Å². The molecule has 0 spiro atoms. The van der Waals surface area contributed by atoms with E-state index >= 15 is 0 Å². The highest BCUT2D eigenvalue weighted by molar-refractivity contribution is 5.91. The summed E-state index contributed by atoms with van der Waals surface area (Å²) >= 11 is 0. The van der Waals surface area contributed by atoms with Crippen LogP contribution in [-0.4, -0.2) is 19.2 Å². The lowest BCUT2D eigenvalue weighted by molar-refractivity contribution is 0.0486. The molecule has 0 saturated carbocycles. The molecule has 0 aromatic heterocycles. The lowest BCUT2D eigenvalue weighted by Crippen LogP contribution is -2.10. The Balaban J connectivity index is 1.42. The third-order valence-corrected chi connectivity index (χ3v) is 4.04.